The first-order chi connectivity index (χ1) is 15.4. The second-order valence-corrected chi connectivity index (χ2v) is 7.50. The molecule has 0 spiro atoms. The molecule has 3 aromatic rings. The van der Waals surface area contributed by atoms with Crippen molar-refractivity contribution in [3.8, 4) is 0 Å². The number of amides is 1. The number of anilines is 2. The molecule has 8 heteroatoms. The van der Waals surface area contributed by atoms with Gasteiger partial charge in [0.2, 0.25) is 0 Å². The number of nitrogens with one attached hydrogen (secondary N) is 1. The summed E-state index contributed by atoms with van der Waals surface area (Å²) in [4.78, 5) is 39.1. The summed E-state index contributed by atoms with van der Waals surface area (Å²) in [5, 5.41) is 3.84. The summed E-state index contributed by atoms with van der Waals surface area (Å²) < 4.78 is 9.62. The predicted octanol–water partition coefficient (Wildman–Crippen LogP) is 4.68. The van der Waals surface area contributed by atoms with Gasteiger partial charge >= 0.3 is 11.9 Å². The molecule has 4 rings (SSSR count). The first-order valence-electron chi connectivity index (χ1n) is 9.69. The molecule has 1 N–H and O–H groups in total. The lowest BCUT2D eigenvalue weighted by Crippen LogP contribution is -2.32. The fourth-order valence-corrected chi connectivity index (χ4v) is 3.79. The fourth-order valence-electron chi connectivity index (χ4n) is 3.67. The van der Waals surface area contributed by atoms with Crippen molar-refractivity contribution < 1.29 is 23.9 Å². The minimum absolute atomic E-state index is 0.175. The van der Waals surface area contributed by atoms with Gasteiger partial charge in [-0.1, -0.05) is 29.8 Å². The van der Waals surface area contributed by atoms with E-state index in [4.69, 9.17) is 21.1 Å². The second-order valence-electron chi connectivity index (χ2n) is 7.07. The average molecular weight is 451 g/mol. The SMILES string of the molecule is COC(=O)c1cc(N[C@@H]2c3ccccc3C(=O)N2c2ccc(Cl)cc2)cc(C(=O)OC)c1. The Balaban J connectivity index is 1.80. The van der Waals surface area contributed by atoms with Crippen LogP contribution in [0, 0.1) is 0 Å². The Bertz CT molecular complexity index is 1180. The van der Waals surface area contributed by atoms with Crippen molar-refractivity contribution in [2.45, 2.75) is 6.17 Å². The molecule has 0 radical (unpaired) electrons. The van der Waals surface area contributed by atoms with Gasteiger partial charge in [-0.15, -0.1) is 0 Å². The van der Waals surface area contributed by atoms with Crippen molar-refractivity contribution in [3.63, 3.8) is 0 Å². The van der Waals surface area contributed by atoms with Gasteiger partial charge in [0.15, 0.2) is 0 Å². The van der Waals surface area contributed by atoms with Gasteiger partial charge in [0.1, 0.15) is 6.17 Å². The smallest absolute Gasteiger partial charge is 0.337 e. The molecular formula is C24H19ClN2O5. The van der Waals surface area contributed by atoms with Crippen molar-refractivity contribution >= 4 is 40.8 Å². The lowest BCUT2D eigenvalue weighted by molar-refractivity contribution is 0.0599. The van der Waals surface area contributed by atoms with E-state index in [-0.39, 0.29) is 17.0 Å². The van der Waals surface area contributed by atoms with E-state index in [0.29, 0.717) is 22.0 Å². The Morgan fingerprint density at radius 1 is 0.906 bits per heavy atom. The van der Waals surface area contributed by atoms with Crippen LogP contribution in [0.25, 0.3) is 0 Å². The highest BCUT2D eigenvalue weighted by molar-refractivity contribution is 6.30. The molecule has 0 bridgehead atoms. The van der Waals surface area contributed by atoms with E-state index in [2.05, 4.69) is 5.32 Å². The standard InChI is InChI=1S/C24H19ClN2O5/c1-31-23(29)14-11-15(24(30)32-2)13-17(12-14)26-21-19-5-3-4-6-20(19)22(28)27(21)18-9-7-16(25)8-10-18/h3-13,21,26H,1-2H3/t21-/m0/s1. The molecule has 0 aromatic heterocycles. The van der Waals surface area contributed by atoms with Gasteiger partial charge in [-0.25, -0.2) is 9.59 Å². The number of carbonyl (C=O) groups is 3. The number of fused-ring (bicyclic) bond motifs is 1. The summed E-state index contributed by atoms with van der Waals surface area (Å²) in [6.45, 7) is 0. The molecule has 0 saturated heterocycles. The van der Waals surface area contributed by atoms with Crippen molar-refractivity contribution in [2.75, 3.05) is 24.4 Å². The highest BCUT2D eigenvalue weighted by atomic mass is 35.5. The zero-order chi connectivity index (χ0) is 22.8. The molecule has 1 heterocycles. The summed E-state index contributed by atoms with van der Waals surface area (Å²) in [5.74, 6) is -1.38. The van der Waals surface area contributed by atoms with Crippen LogP contribution in [0.15, 0.2) is 66.7 Å². The van der Waals surface area contributed by atoms with E-state index in [1.807, 2.05) is 12.1 Å². The lowest BCUT2D eigenvalue weighted by atomic mass is 10.1. The summed E-state index contributed by atoms with van der Waals surface area (Å²) >= 11 is 6.03. The largest absolute Gasteiger partial charge is 0.465 e. The average Bonchev–Trinajstić information content (AvgIpc) is 3.10. The monoisotopic (exact) mass is 450 g/mol. The molecule has 1 atom stereocenters. The molecule has 0 saturated carbocycles. The van der Waals surface area contributed by atoms with Crippen LogP contribution in [0.2, 0.25) is 5.02 Å². The van der Waals surface area contributed by atoms with E-state index < -0.39 is 18.1 Å². The summed E-state index contributed by atoms with van der Waals surface area (Å²) in [6, 6.07) is 18.7. The molecule has 1 aliphatic rings. The summed E-state index contributed by atoms with van der Waals surface area (Å²) in [5.41, 5.74) is 2.75. The minimum atomic E-state index is -0.601. The number of halogens is 1. The predicted molar refractivity (Wildman–Crippen MR) is 120 cm³/mol. The molecule has 1 aliphatic heterocycles. The van der Waals surface area contributed by atoms with Crippen molar-refractivity contribution in [1.29, 1.82) is 0 Å². The highest BCUT2D eigenvalue weighted by Crippen LogP contribution is 2.38. The van der Waals surface area contributed by atoms with E-state index >= 15 is 0 Å². The topological polar surface area (TPSA) is 84.9 Å². The van der Waals surface area contributed by atoms with Crippen LogP contribution in [0.3, 0.4) is 0 Å². The maximum absolute atomic E-state index is 13.2. The molecule has 0 aliphatic carbocycles. The molecular weight excluding hydrogens is 432 g/mol. The fraction of sp³-hybridized carbons (Fsp3) is 0.125. The van der Waals surface area contributed by atoms with Gasteiger partial charge in [-0.2, -0.15) is 0 Å². The van der Waals surface area contributed by atoms with Crippen LogP contribution in [0.4, 0.5) is 11.4 Å². The normalized spacial score (nSPS) is 14.7. The first kappa shape index (κ1) is 21.4. The quantitative estimate of drug-likeness (QED) is 0.568. The molecule has 0 unspecified atom stereocenters. The Labute approximate surface area is 189 Å². The van der Waals surface area contributed by atoms with Crippen LogP contribution in [0.1, 0.15) is 42.8 Å². The van der Waals surface area contributed by atoms with E-state index in [9.17, 15) is 14.4 Å². The zero-order valence-corrected chi connectivity index (χ0v) is 18.1. The number of methoxy groups -OCH3 is 2. The van der Waals surface area contributed by atoms with Crippen LogP contribution >= 0.6 is 11.6 Å². The van der Waals surface area contributed by atoms with Crippen molar-refractivity contribution in [2.24, 2.45) is 0 Å². The van der Waals surface area contributed by atoms with Crippen molar-refractivity contribution in [1.82, 2.24) is 0 Å². The summed E-state index contributed by atoms with van der Waals surface area (Å²) in [7, 11) is 2.52. The molecule has 7 nitrogen and oxygen atoms in total. The van der Waals surface area contributed by atoms with Gasteiger partial charge in [0.05, 0.1) is 25.3 Å². The number of nitrogens with zero attached hydrogens (tertiary/aromatic N) is 1. The lowest BCUT2D eigenvalue weighted by Gasteiger charge is -2.27. The number of esters is 2. The van der Waals surface area contributed by atoms with Crippen LogP contribution < -0.4 is 10.2 Å². The van der Waals surface area contributed by atoms with E-state index in [1.54, 1.807) is 53.4 Å². The maximum atomic E-state index is 13.2. The van der Waals surface area contributed by atoms with Gasteiger partial charge in [-0.05, 0) is 48.5 Å². The van der Waals surface area contributed by atoms with Crippen LogP contribution in [-0.4, -0.2) is 32.1 Å². The first-order valence-corrected chi connectivity index (χ1v) is 10.1. The van der Waals surface area contributed by atoms with Crippen LogP contribution in [0.5, 0.6) is 0 Å². The second kappa shape index (κ2) is 8.72. The van der Waals surface area contributed by atoms with Gasteiger partial charge in [-0.3, -0.25) is 9.69 Å². The Kier molecular flexibility index (Phi) is 5.83. The van der Waals surface area contributed by atoms with Gasteiger partial charge < -0.3 is 14.8 Å². The van der Waals surface area contributed by atoms with E-state index in [1.165, 1.54) is 20.3 Å². The zero-order valence-electron chi connectivity index (χ0n) is 17.3. The number of carbonyl (C=O) groups excluding carboxylic acids is 3. The number of ether oxygens (including phenoxy) is 2. The number of rotatable bonds is 5. The number of benzene rings is 3. The molecule has 1 amide bonds. The Hall–Kier alpha value is -3.84. The molecule has 162 valence electrons. The third kappa shape index (κ3) is 3.90. The highest BCUT2D eigenvalue weighted by Gasteiger charge is 2.37. The van der Waals surface area contributed by atoms with E-state index in [0.717, 1.165) is 5.56 Å². The molecule has 32 heavy (non-hydrogen) atoms. The summed E-state index contributed by atoms with van der Waals surface area (Å²) in [6.07, 6.45) is -0.585. The minimum Gasteiger partial charge on any atom is -0.465 e. The third-order valence-electron chi connectivity index (χ3n) is 5.15. The number of hydrogen-bond acceptors (Lipinski definition) is 6. The Morgan fingerprint density at radius 3 is 2.09 bits per heavy atom. The Morgan fingerprint density at radius 2 is 1.50 bits per heavy atom. The third-order valence-corrected chi connectivity index (χ3v) is 5.40. The van der Waals surface area contributed by atoms with Gasteiger partial charge in [0, 0.05) is 27.5 Å². The number of hydrogen-bond donors (Lipinski definition) is 1. The maximum Gasteiger partial charge on any atom is 0.337 e. The van der Waals surface area contributed by atoms with Crippen molar-refractivity contribution in [3.05, 3.63) is 94.0 Å². The van der Waals surface area contributed by atoms with Crippen LogP contribution in [-0.2, 0) is 9.47 Å². The molecule has 0 fully saturated rings. The molecule has 3 aromatic carbocycles. The van der Waals surface area contributed by atoms with Gasteiger partial charge in [0.25, 0.3) is 5.91 Å².